The van der Waals surface area contributed by atoms with E-state index in [2.05, 4.69) is 0 Å². The molecule has 0 radical (unpaired) electrons. The van der Waals surface area contributed by atoms with Gasteiger partial charge in [0.25, 0.3) is 5.69 Å². The fourth-order valence-electron chi connectivity index (χ4n) is 1.77. The Morgan fingerprint density at radius 1 is 1.14 bits per heavy atom. The number of hydrogen-bond donors (Lipinski definition) is 0. The van der Waals surface area contributed by atoms with Crippen molar-refractivity contribution in [2.75, 3.05) is 0 Å². The van der Waals surface area contributed by atoms with Crippen molar-refractivity contribution >= 4 is 17.5 Å². The fourth-order valence-corrected chi connectivity index (χ4v) is 1.77. The predicted molar refractivity (Wildman–Crippen MR) is 77.1 cm³/mol. The van der Waals surface area contributed by atoms with Gasteiger partial charge in [-0.25, -0.2) is 0 Å². The predicted octanol–water partition coefficient (Wildman–Crippen LogP) is 2.87. The van der Waals surface area contributed by atoms with Crippen LogP contribution in [0.5, 0.6) is 5.75 Å². The minimum Gasteiger partial charge on any atom is -0.868 e. The molecule has 2 aromatic rings. The van der Waals surface area contributed by atoms with Crippen molar-refractivity contribution in [1.29, 1.82) is 0 Å². The number of benzene rings is 2. The smallest absolute Gasteiger partial charge is 0.262 e. The zero-order valence-corrected chi connectivity index (χ0v) is 11.3. The summed E-state index contributed by atoms with van der Waals surface area (Å²) in [6.07, 6.45) is 2.78. The number of allylic oxidation sites excluding steroid dienone is 1. The third kappa shape index (κ3) is 3.54. The van der Waals surface area contributed by atoms with Gasteiger partial charge in [0.15, 0.2) is 5.78 Å². The van der Waals surface area contributed by atoms with E-state index in [9.17, 15) is 20.0 Å². The summed E-state index contributed by atoms with van der Waals surface area (Å²) in [4.78, 5) is 21.9. The Bertz CT molecular complexity index is 718. The Balaban J connectivity index is 2.21. The van der Waals surface area contributed by atoms with Crippen LogP contribution in [0.3, 0.4) is 0 Å². The Kier molecular flexibility index (Phi) is 4.13. The highest BCUT2D eigenvalue weighted by atomic mass is 16.6. The lowest BCUT2D eigenvalue weighted by Crippen LogP contribution is -1.98. The molecule has 0 aliphatic carbocycles. The zero-order chi connectivity index (χ0) is 15.4. The lowest BCUT2D eigenvalue weighted by molar-refractivity contribution is -0.398. The van der Waals surface area contributed by atoms with Crippen molar-refractivity contribution in [2.24, 2.45) is 0 Å². The molecule has 0 saturated heterocycles. The Hall–Kier alpha value is -2.95. The van der Waals surface area contributed by atoms with E-state index in [-0.39, 0.29) is 5.78 Å². The summed E-state index contributed by atoms with van der Waals surface area (Å²) in [6, 6.07) is 10.8. The van der Waals surface area contributed by atoms with Crippen LogP contribution in [-0.2, 0) is 0 Å². The van der Waals surface area contributed by atoms with Gasteiger partial charge in [-0.3, -0.25) is 14.9 Å². The third-order valence-electron chi connectivity index (χ3n) is 2.94. The Labute approximate surface area is 121 Å². The van der Waals surface area contributed by atoms with Crippen LogP contribution in [0.2, 0.25) is 0 Å². The lowest BCUT2D eigenvalue weighted by Gasteiger charge is -2.06. The fraction of sp³-hybridized carbons (Fsp3) is 0.0625. The molecule has 0 aliphatic heterocycles. The molecular formula is C16H12NO4-. The third-order valence-corrected chi connectivity index (χ3v) is 2.94. The van der Waals surface area contributed by atoms with Crippen LogP contribution in [0.1, 0.15) is 21.5 Å². The first-order valence-corrected chi connectivity index (χ1v) is 6.22. The second kappa shape index (κ2) is 6.00. The molecule has 106 valence electrons. The topological polar surface area (TPSA) is 83.3 Å². The second-order valence-corrected chi connectivity index (χ2v) is 4.55. The molecule has 0 unspecified atom stereocenters. The normalized spacial score (nSPS) is 10.7. The summed E-state index contributed by atoms with van der Waals surface area (Å²) in [5.74, 6) is -0.856. The van der Waals surface area contributed by atoms with Crippen LogP contribution in [0.15, 0.2) is 48.5 Å². The van der Waals surface area contributed by atoms with Crippen LogP contribution in [0.25, 0.3) is 6.08 Å². The molecule has 0 saturated carbocycles. The maximum Gasteiger partial charge on any atom is 0.262 e. The van der Waals surface area contributed by atoms with E-state index < -0.39 is 16.4 Å². The number of aryl methyl sites for hydroxylation is 1. The molecule has 0 aliphatic rings. The first kappa shape index (κ1) is 14.5. The molecule has 0 fully saturated rings. The van der Waals surface area contributed by atoms with Gasteiger partial charge >= 0.3 is 0 Å². The first-order chi connectivity index (χ1) is 9.97. The SMILES string of the molecule is Cc1ccc(C(=O)/C=C/c2ccc([O-])c([N+](=O)[O-])c2)cc1. The molecular weight excluding hydrogens is 270 g/mol. The quantitative estimate of drug-likeness (QED) is 0.373. The van der Waals surface area contributed by atoms with Crippen LogP contribution < -0.4 is 5.11 Å². The number of carbonyl (C=O) groups is 1. The molecule has 0 aromatic heterocycles. The molecule has 2 rings (SSSR count). The van der Waals surface area contributed by atoms with E-state index in [0.29, 0.717) is 11.1 Å². The van der Waals surface area contributed by atoms with E-state index in [1.165, 1.54) is 18.2 Å². The maximum absolute atomic E-state index is 11.9. The largest absolute Gasteiger partial charge is 0.868 e. The van der Waals surface area contributed by atoms with Crippen molar-refractivity contribution in [3.8, 4) is 5.75 Å². The van der Waals surface area contributed by atoms with Crippen LogP contribution >= 0.6 is 0 Å². The second-order valence-electron chi connectivity index (χ2n) is 4.55. The summed E-state index contributed by atoms with van der Waals surface area (Å²) in [5.41, 5.74) is 1.52. The summed E-state index contributed by atoms with van der Waals surface area (Å²) in [5, 5.41) is 22.0. The van der Waals surface area contributed by atoms with Crippen molar-refractivity contribution in [2.45, 2.75) is 6.92 Å². The number of ketones is 1. The van der Waals surface area contributed by atoms with Gasteiger partial charge in [-0.2, -0.15) is 0 Å². The molecule has 0 amide bonds. The number of nitro benzene ring substituents is 1. The molecule has 0 spiro atoms. The Morgan fingerprint density at radius 2 is 1.81 bits per heavy atom. The summed E-state index contributed by atoms with van der Waals surface area (Å²) < 4.78 is 0. The first-order valence-electron chi connectivity index (χ1n) is 6.22. The summed E-state index contributed by atoms with van der Waals surface area (Å²) in [6.45, 7) is 1.92. The van der Waals surface area contributed by atoms with Gasteiger partial charge in [-0.15, -0.1) is 0 Å². The highest BCUT2D eigenvalue weighted by Gasteiger charge is 2.07. The molecule has 21 heavy (non-hydrogen) atoms. The van der Waals surface area contributed by atoms with Crippen molar-refractivity contribution in [3.63, 3.8) is 0 Å². The number of nitro groups is 1. The van der Waals surface area contributed by atoms with Gasteiger partial charge in [0, 0.05) is 11.6 Å². The highest BCUT2D eigenvalue weighted by molar-refractivity contribution is 6.06. The molecule has 0 heterocycles. The molecule has 2 aromatic carbocycles. The van der Waals surface area contributed by atoms with Crippen LogP contribution in [0.4, 0.5) is 5.69 Å². The minimum absolute atomic E-state index is 0.205. The standard InChI is InChI=1S/C16H13NO4/c1-11-2-6-13(7-3-11)15(18)8-4-12-5-9-16(19)14(10-12)17(20)21/h2-10,19H,1H3/p-1/b8-4+. The van der Waals surface area contributed by atoms with Crippen LogP contribution in [0, 0.1) is 17.0 Å². The van der Waals surface area contributed by atoms with E-state index in [1.54, 1.807) is 12.1 Å². The van der Waals surface area contributed by atoms with Crippen molar-refractivity contribution in [1.82, 2.24) is 0 Å². The van der Waals surface area contributed by atoms with Crippen LogP contribution in [-0.4, -0.2) is 10.7 Å². The van der Waals surface area contributed by atoms with Gasteiger partial charge < -0.3 is 5.11 Å². The van der Waals surface area contributed by atoms with Crippen molar-refractivity contribution in [3.05, 3.63) is 75.3 Å². The maximum atomic E-state index is 11.9. The number of carbonyl (C=O) groups excluding carboxylic acids is 1. The van der Waals surface area contributed by atoms with Gasteiger partial charge in [-0.05, 0) is 24.3 Å². The van der Waals surface area contributed by atoms with E-state index >= 15 is 0 Å². The number of hydrogen-bond acceptors (Lipinski definition) is 4. The van der Waals surface area contributed by atoms with Gasteiger partial charge in [0.05, 0.1) is 4.92 Å². The molecule has 0 bridgehead atoms. The molecule has 0 atom stereocenters. The lowest BCUT2D eigenvalue weighted by atomic mass is 10.1. The van der Waals surface area contributed by atoms with Crippen molar-refractivity contribution < 1.29 is 14.8 Å². The molecule has 5 nitrogen and oxygen atoms in total. The van der Waals surface area contributed by atoms with E-state index in [0.717, 1.165) is 17.7 Å². The van der Waals surface area contributed by atoms with E-state index in [4.69, 9.17) is 0 Å². The van der Waals surface area contributed by atoms with Gasteiger partial charge in [-0.1, -0.05) is 48.0 Å². The molecule has 0 N–H and O–H groups in total. The summed E-state index contributed by atoms with van der Waals surface area (Å²) >= 11 is 0. The van der Waals surface area contributed by atoms with Gasteiger partial charge in [0.2, 0.25) is 0 Å². The molecule has 5 heteroatoms. The number of nitrogens with zero attached hydrogens (tertiary/aromatic N) is 1. The highest BCUT2D eigenvalue weighted by Crippen LogP contribution is 2.24. The van der Waals surface area contributed by atoms with E-state index in [1.807, 2.05) is 19.1 Å². The average Bonchev–Trinajstić information content (AvgIpc) is 2.46. The minimum atomic E-state index is -0.735. The average molecular weight is 282 g/mol. The Morgan fingerprint density at radius 3 is 2.43 bits per heavy atom. The zero-order valence-electron chi connectivity index (χ0n) is 11.3. The monoisotopic (exact) mass is 282 g/mol. The summed E-state index contributed by atoms with van der Waals surface area (Å²) in [7, 11) is 0. The van der Waals surface area contributed by atoms with Gasteiger partial charge in [0.1, 0.15) is 0 Å². The number of rotatable bonds is 4.